The van der Waals surface area contributed by atoms with E-state index in [1.54, 1.807) is 24.3 Å². The summed E-state index contributed by atoms with van der Waals surface area (Å²) in [7, 11) is 0. The second kappa shape index (κ2) is 6.69. The van der Waals surface area contributed by atoms with Crippen LogP contribution in [0, 0.1) is 5.92 Å². The highest BCUT2D eigenvalue weighted by Gasteiger charge is 2.29. The minimum Gasteiger partial charge on any atom is -0.366 e. The van der Waals surface area contributed by atoms with E-state index in [-0.39, 0.29) is 5.91 Å². The molecule has 0 radical (unpaired) electrons. The summed E-state index contributed by atoms with van der Waals surface area (Å²) >= 11 is 0. The monoisotopic (exact) mass is 290 g/mol. The fraction of sp³-hybridized carbons (Fsp3) is 0.467. The van der Waals surface area contributed by atoms with E-state index in [1.165, 1.54) is 0 Å². The molecule has 0 aromatic heterocycles. The maximum Gasteiger partial charge on any atom is 0.248 e. The van der Waals surface area contributed by atoms with Crippen LogP contribution in [0.4, 0.5) is 5.69 Å². The van der Waals surface area contributed by atoms with Crippen molar-refractivity contribution >= 4 is 17.5 Å². The number of hydrogen-bond donors (Lipinski definition) is 3. The van der Waals surface area contributed by atoms with Crippen LogP contribution in [0.1, 0.15) is 23.7 Å². The summed E-state index contributed by atoms with van der Waals surface area (Å²) < 4.78 is 0. The van der Waals surface area contributed by atoms with Crippen molar-refractivity contribution in [2.45, 2.75) is 19.4 Å². The lowest BCUT2D eigenvalue weighted by molar-refractivity contribution is -0.117. The molecule has 21 heavy (non-hydrogen) atoms. The molecule has 1 saturated heterocycles. The molecule has 2 amide bonds. The van der Waals surface area contributed by atoms with E-state index < -0.39 is 5.91 Å². The van der Waals surface area contributed by atoms with Crippen molar-refractivity contribution in [3.63, 3.8) is 0 Å². The molecule has 114 valence electrons. The smallest absolute Gasteiger partial charge is 0.248 e. The maximum atomic E-state index is 12.1. The van der Waals surface area contributed by atoms with Crippen molar-refractivity contribution in [3.8, 4) is 0 Å². The van der Waals surface area contributed by atoms with Crippen molar-refractivity contribution in [2.75, 3.05) is 25.0 Å². The molecule has 6 nitrogen and oxygen atoms in total. The van der Waals surface area contributed by atoms with Gasteiger partial charge in [0.25, 0.3) is 0 Å². The highest BCUT2D eigenvalue weighted by molar-refractivity contribution is 5.95. The molecular weight excluding hydrogens is 268 g/mol. The van der Waals surface area contributed by atoms with E-state index in [1.807, 2.05) is 0 Å². The predicted molar refractivity (Wildman–Crippen MR) is 81.8 cm³/mol. The number of carbonyl (C=O) groups is 2. The summed E-state index contributed by atoms with van der Waals surface area (Å²) in [5.41, 5.74) is 11.9. The Balaban J connectivity index is 1.88. The van der Waals surface area contributed by atoms with Crippen LogP contribution in [-0.4, -0.2) is 42.4 Å². The molecule has 0 aliphatic carbocycles. The van der Waals surface area contributed by atoms with Crippen molar-refractivity contribution in [1.29, 1.82) is 0 Å². The molecule has 2 rings (SSSR count). The third-order valence-corrected chi connectivity index (χ3v) is 3.92. The fourth-order valence-corrected chi connectivity index (χ4v) is 2.71. The fourth-order valence-electron chi connectivity index (χ4n) is 2.71. The lowest BCUT2D eigenvalue weighted by atomic mass is 10.1. The summed E-state index contributed by atoms with van der Waals surface area (Å²) in [4.78, 5) is 25.2. The molecule has 0 saturated carbocycles. The maximum absolute atomic E-state index is 12.1. The molecular formula is C15H22N4O2. The van der Waals surface area contributed by atoms with Crippen LogP contribution in [0.2, 0.25) is 0 Å². The summed E-state index contributed by atoms with van der Waals surface area (Å²) in [6.07, 6.45) is 1.04. The first-order valence-electron chi connectivity index (χ1n) is 7.13. The lowest BCUT2D eigenvalue weighted by Crippen LogP contribution is -2.36. The van der Waals surface area contributed by atoms with Gasteiger partial charge in [0, 0.05) is 23.8 Å². The van der Waals surface area contributed by atoms with Crippen molar-refractivity contribution in [3.05, 3.63) is 29.8 Å². The molecule has 1 fully saturated rings. The standard InChI is InChI=1S/C15H22N4O2/c1-10-6-11(7-16)8-19(10)9-14(20)18-13-4-2-12(3-5-13)15(17)21/h2-5,10-11H,6-9,16H2,1H3,(H2,17,21)(H,18,20). The van der Waals surface area contributed by atoms with Crippen molar-refractivity contribution < 1.29 is 9.59 Å². The van der Waals surface area contributed by atoms with E-state index in [2.05, 4.69) is 17.1 Å². The van der Waals surface area contributed by atoms with Crippen LogP contribution in [0.25, 0.3) is 0 Å². The highest BCUT2D eigenvalue weighted by atomic mass is 16.2. The summed E-state index contributed by atoms with van der Waals surface area (Å²) in [5.74, 6) is -0.0689. The van der Waals surface area contributed by atoms with Gasteiger partial charge in [0.2, 0.25) is 11.8 Å². The number of nitrogens with two attached hydrogens (primary N) is 2. The average molecular weight is 290 g/mol. The summed E-state index contributed by atoms with van der Waals surface area (Å²) in [6, 6.07) is 6.92. The Hall–Kier alpha value is -1.92. The molecule has 1 aliphatic rings. The highest BCUT2D eigenvalue weighted by Crippen LogP contribution is 2.21. The third-order valence-electron chi connectivity index (χ3n) is 3.92. The van der Waals surface area contributed by atoms with Crippen molar-refractivity contribution in [2.24, 2.45) is 17.4 Å². The number of hydrogen-bond acceptors (Lipinski definition) is 4. The molecule has 1 aromatic carbocycles. The second-order valence-electron chi connectivity index (χ2n) is 5.61. The van der Waals surface area contributed by atoms with Gasteiger partial charge >= 0.3 is 0 Å². The Labute approximate surface area is 124 Å². The van der Waals surface area contributed by atoms with Crippen LogP contribution >= 0.6 is 0 Å². The second-order valence-corrected chi connectivity index (χ2v) is 5.61. The molecule has 1 aliphatic heterocycles. The van der Waals surface area contributed by atoms with Crippen LogP contribution in [-0.2, 0) is 4.79 Å². The van der Waals surface area contributed by atoms with Crippen LogP contribution in [0.5, 0.6) is 0 Å². The summed E-state index contributed by atoms with van der Waals surface area (Å²) in [6.45, 7) is 4.00. The molecule has 2 unspecified atom stereocenters. The topological polar surface area (TPSA) is 101 Å². The van der Waals surface area contributed by atoms with E-state index in [4.69, 9.17) is 11.5 Å². The van der Waals surface area contributed by atoms with Gasteiger partial charge in [0.05, 0.1) is 6.54 Å². The third kappa shape index (κ3) is 4.03. The number of nitrogens with zero attached hydrogens (tertiary/aromatic N) is 1. The van der Waals surface area contributed by atoms with E-state index in [0.717, 1.165) is 13.0 Å². The van der Waals surface area contributed by atoms with E-state index >= 15 is 0 Å². The number of rotatable bonds is 5. The number of anilines is 1. The Morgan fingerprint density at radius 2 is 2.00 bits per heavy atom. The van der Waals surface area contributed by atoms with E-state index in [0.29, 0.717) is 36.3 Å². The Morgan fingerprint density at radius 3 is 2.52 bits per heavy atom. The molecule has 0 bridgehead atoms. The Morgan fingerprint density at radius 1 is 1.33 bits per heavy atom. The van der Waals surface area contributed by atoms with Gasteiger partial charge in [-0.3, -0.25) is 14.5 Å². The molecule has 5 N–H and O–H groups in total. The average Bonchev–Trinajstić information content (AvgIpc) is 2.80. The molecule has 0 spiro atoms. The number of amides is 2. The zero-order valence-corrected chi connectivity index (χ0v) is 12.2. The first-order valence-corrected chi connectivity index (χ1v) is 7.13. The molecule has 1 heterocycles. The van der Waals surface area contributed by atoms with Gasteiger partial charge in [-0.05, 0) is 50.1 Å². The Kier molecular flexibility index (Phi) is 4.93. The van der Waals surface area contributed by atoms with Gasteiger partial charge in [-0.25, -0.2) is 0 Å². The van der Waals surface area contributed by atoms with Gasteiger partial charge in [-0.1, -0.05) is 0 Å². The number of carbonyl (C=O) groups excluding carboxylic acids is 2. The number of likely N-dealkylation sites (tertiary alicyclic amines) is 1. The first kappa shape index (κ1) is 15.5. The lowest BCUT2D eigenvalue weighted by Gasteiger charge is -2.20. The zero-order chi connectivity index (χ0) is 15.4. The van der Waals surface area contributed by atoms with Crippen LogP contribution in [0.3, 0.4) is 0 Å². The van der Waals surface area contributed by atoms with Crippen LogP contribution in [0.15, 0.2) is 24.3 Å². The SMILES string of the molecule is CC1CC(CN)CN1CC(=O)Nc1ccc(C(N)=O)cc1. The van der Waals surface area contributed by atoms with Gasteiger partial charge in [0.1, 0.15) is 0 Å². The minimum atomic E-state index is -0.480. The predicted octanol–water partition coefficient (Wildman–Crippen LogP) is 0.393. The minimum absolute atomic E-state index is 0.0636. The molecule has 1 aromatic rings. The first-order chi connectivity index (χ1) is 9.99. The number of primary amides is 1. The Bertz CT molecular complexity index is 515. The number of benzene rings is 1. The molecule has 6 heteroatoms. The zero-order valence-electron chi connectivity index (χ0n) is 12.2. The normalized spacial score (nSPS) is 22.2. The quantitative estimate of drug-likeness (QED) is 0.730. The van der Waals surface area contributed by atoms with Gasteiger partial charge in [-0.2, -0.15) is 0 Å². The van der Waals surface area contributed by atoms with Crippen molar-refractivity contribution in [1.82, 2.24) is 4.90 Å². The largest absolute Gasteiger partial charge is 0.366 e. The van der Waals surface area contributed by atoms with Gasteiger partial charge < -0.3 is 16.8 Å². The summed E-state index contributed by atoms with van der Waals surface area (Å²) in [5, 5.41) is 2.82. The van der Waals surface area contributed by atoms with Gasteiger partial charge in [-0.15, -0.1) is 0 Å². The van der Waals surface area contributed by atoms with Gasteiger partial charge in [0.15, 0.2) is 0 Å². The molecule has 2 atom stereocenters. The van der Waals surface area contributed by atoms with E-state index in [9.17, 15) is 9.59 Å². The van der Waals surface area contributed by atoms with Crippen LogP contribution < -0.4 is 16.8 Å². The number of nitrogens with one attached hydrogen (secondary N) is 1.